The van der Waals surface area contributed by atoms with E-state index >= 15 is 0 Å². The molecule has 24 heavy (non-hydrogen) atoms. The van der Waals surface area contributed by atoms with Crippen molar-refractivity contribution in [2.24, 2.45) is 12.2 Å². The van der Waals surface area contributed by atoms with Gasteiger partial charge in [0.15, 0.2) is 12.3 Å². The molecule has 0 saturated heterocycles. The maximum atomic E-state index is 5.50. The van der Waals surface area contributed by atoms with Gasteiger partial charge in [0.25, 0.3) is 0 Å². The van der Waals surface area contributed by atoms with Gasteiger partial charge in [0, 0.05) is 19.7 Å². The van der Waals surface area contributed by atoms with Crippen LogP contribution in [0.15, 0.2) is 53.7 Å². The largest absolute Gasteiger partial charge is 0.389 e. The average Bonchev–Trinajstić information content (AvgIpc) is 3.05. The maximum absolute atomic E-state index is 5.50. The standard InChI is InChI=1S/C16H17N7O/c1-17-14-10-6-9-13(18-14)11-24-20-15(12-7-4-3-5-8-12)16-19-21-22-23(16)2/h3-10H,11H2,1-2H3,(H,17,18)/b20-15+. The Hall–Kier alpha value is -3.29. The molecule has 8 heteroatoms. The summed E-state index contributed by atoms with van der Waals surface area (Å²) in [6, 6.07) is 15.3. The van der Waals surface area contributed by atoms with Gasteiger partial charge in [-0.15, -0.1) is 5.10 Å². The van der Waals surface area contributed by atoms with Crippen molar-refractivity contribution in [3.8, 4) is 0 Å². The van der Waals surface area contributed by atoms with Crippen LogP contribution in [0.5, 0.6) is 0 Å². The summed E-state index contributed by atoms with van der Waals surface area (Å²) >= 11 is 0. The van der Waals surface area contributed by atoms with Gasteiger partial charge in [0.05, 0.1) is 5.69 Å². The number of anilines is 1. The molecule has 2 aromatic heterocycles. The second-order valence-electron chi connectivity index (χ2n) is 4.97. The highest BCUT2D eigenvalue weighted by atomic mass is 16.6. The van der Waals surface area contributed by atoms with Crippen molar-refractivity contribution in [2.75, 3.05) is 12.4 Å². The fraction of sp³-hybridized carbons (Fsp3) is 0.188. The number of pyridine rings is 1. The number of aryl methyl sites for hydroxylation is 1. The van der Waals surface area contributed by atoms with Gasteiger partial charge in [0.1, 0.15) is 5.82 Å². The lowest BCUT2D eigenvalue weighted by Crippen LogP contribution is -2.12. The molecule has 0 unspecified atom stereocenters. The fourth-order valence-corrected chi connectivity index (χ4v) is 2.11. The van der Waals surface area contributed by atoms with Gasteiger partial charge in [0.2, 0.25) is 5.82 Å². The molecule has 3 rings (SSSR count). The van der Waals surface area contributed by atoms with Gasteiger partial charge in [-0.25, -0.2) is 9.67 Å². The molecule has 1 N–H and O–H groups in total. The molecule has 122 valence electrons. The number of rotatable bonds is 6. The molecular formula is C16H17N7O. The van der Waals surface area contributed by atoms with Gasteiger partial charge in [-0.2, -0.15) is 0 Å². The van der Waals surface area contributed by atoms with Crippen molar-refractivity contribution >= 4 is 11.5 Å². The summed E-state index contributed by atoms with van der Waals surface area (Å²) in [6.07, 6.45) is 0. The van der Waals surface area contributed by atoms with Crippen LogP contribution in [-0.2, 0) is 18.5 Å². The van der Waals surface area contributed by atoms with Gasteiger partial charge in [-0.05, 0) is 22.6 Å². The molecule has 0 aliphatic rings. The van der Waals surface area contributed by atoms with Crippen LogP contribution in [0.25, 0.3) is 0 Å². The third-order valence-electron chi connectivity index (χ3n) is 3.31. The molecule has 0 aliphatic heterocycles. The molecule has 0 amide bonds. The van der Waals surface area contributed by atoms with Crippen LogP contribution in [-0.4, -0.2) is 38.0 Å². The Bertz CT molecular complexity index is 829. The van der Waals surface area contributed by atoms with E-state index in [0.29, 0.717) is 11.5 Å². The summed E-state index contributed by atoms with van der Waals surface area (Å²) in [5.41, 5.74) is 2.20. The second-order valence-corrected chi connectivity index (χ2v) is 4.97. The molecule has 0 aliphatic carbocycles. The van der Waals surface area contributed by atoms with Crippen LogP contribution in [0.3, 0.4) is 0 Å². The lowest BCUT2D eigenvalue weighted by atomic mass is 10.1. The SMILES string of the molecule is CNc1cccc(CO/N=C(\c2ccccc2)c2nnnn2C)n1. The summed E-state index contributed by atoms with van der Waals surface area (Å²) in [7, 11) is 3.57. The minimum absolute atomic E-state index is 0.247. The Morgan fingerprint density at radius 1 is 1.17 bits per heavy atom. The summed E-state index contributed by atoms with van der Waals surface area (Å²) in [5, 5.41) is 18.8. The predicted octanol–water partition coefficient (Wildman–Crippen LogP) is 1.62. The van der Waals surface area contributed by atoms with E-state index in [4.69, 9.17) is 4.84 Å². The third-order valence-corrected chi connectivity index (χ3v) is 3.31. The highest BCUT2D eigenvalue weighted by molar-refractivity contribution is 6.10. The summed E-state index contributed by atoms with van der Waals surface area (Å²) in [4.78, 5) is 9.89. The van der Waals surface area contributed by atoms with E-state index in [9.17, 15) is 0 Å². The number of benzene rings is 1. The third kappa shape index (κ3) is 3.54. The lowest BCUT2D eigenvalue weighted by Gasteiger charge is -2.06. The average molecular weight is 323 g/mol. The molecule has 0 atom stereocenters. The minimum Gasteiger partial charge on any atom is -0.389 e. The molecule has 8 nitrogen and oxygen atoms in total. The smallest absolute Gasteiger partial charge is 0.204 e. The van der Waals surface area contributed by atoms with Gasteiger partial charge < -0.3 is 10.2 Å². The zero-order valence-electron chi connectivity index (χ0n) is 13.4. The quantitative estimate of drug-likeness (QED) is 0.547. The fourth-order valence-electron chi connectivity index (χ4n) is 2.11. The molecule has 0 bridgehead atoms. The zero-order valence-corrected chi connectivity index (χ0v) is 13.4. The summed E-state index contributed by atoms with van der Waals surface area (Å²) < 4.78 is 1.55. The number of hydrogen-bond acceptors (Lipinski definition) is 7. The van der Waals surface area contributed by atoms with E-state index in [1.54, 1.807) is 11.7 Å². The van der Waals surface area contributed by atoms with Crippen LogP contribution in [0.1, 0.15) is 17.1 Å². The monoisotopic (exact) mass is 323 g/mol. The number of tetrazole rings is 1. The summed E-state index contributed by atoms with van der Waals surface area (Å²) in [5.74, 6) is 1.30. The van der Waals surface area contributed by atoms with Crippen LogP contribution in [0.2, 0.25) is 0 Å². The van der Waals surface area contributed by atoms with E-state index in [2.05, 4.69) is 31.0 Å². The number of hydrogen-bond donors (Lipinski definition) is 1. The number of nitrogens with zero attached hydrogens (tertiary/aromatic N) is 6. The van der Waals surface area contributed by atoms with E-state index < -0.39 is 0 Å². The second kappa shape index (κ2) is 7.32. The molecule has 2 heterocycles. The highest BCUT2D eigenvalue weighted by Gasteiger charge is 2.14. The van der Waals surface area contributed by atoms with Crippen molar-refractivity contribution in [3.05, 3.63) is 65.6 Å². The Labute approximate surface area is 139 Å². The minimum atomic E-state index is 0.247. The van der Waals surface area contributed by atoms with Gasteiger partial charge in [-0.1, -0.05) is 41.6 Å². The van der Waals surface area contributed by atoms with E-state index in [-0.39, 0.29) is 6.61 Å². The number of nitrogens with one attached hydrogen (secondary N) is 1. The number of aromatic nitrogens is 5. The topological polar surface area (TPSA) is 90.1 Å². The highest BCUT2D eigenvalue weighted by Crippen LogP contribution is 2.10. The molecule has 0 spiro atoms. The molecule has 0 fully saturated rings. The van der Waals surface area contributed by atoms with Crippen molar-refractivity contribution in [2.45, 2.75) is 6.61 Å². The Kier molecular flexibility index (Phi) is 4.76. The van der Waals surface area contributed by atoms with Gasteiger partial charge in [-0.3, -0.25) is 0 Å². The molecule has 0 radical (unpaired) electrons. The first-order chi connectivity index (χ1) is 11.8. The van der Waals surface area contributed by atoms with E-state index in [1.807, 2.05) is 55.6 Å². The first-order valence-corrected chi connectivity index (χ1v) is 7.39. The molecule has 3 aromatic rings. The van der Waals surface area contributed by atoms with E-state index in [0.717, 1.165) is 17.1 Å². The molecule has 0 saturated carbocycles. The van der Waals surface area contributed by atoms with Crippen molar-refractivity contribution in [1.82, 2.24) is 25.2 Å². The van der Waals surface area contributed by atoms with Crippen molar-refractivity contribution < 1.29 is 4.84 Å². The predicted molar refractivity (Wildman–Crippen MR) is 89.5 cm³/mol. The number of oxime groups is 1. The Morgan fingerprint density at radius 3 is 2.71 bits per heavy atom. The van der Waals surface area contributed by atoms with Gasteiger partial charge >= 0.3 is 0 Å². The van der Waals surface area contributed by atoms with E-state index in [1.165, 1.54) is 0 Å². The zero-order chi connectivity index (χ0) is 16.8. The lowest BCUT2D eigenvalue weighted by molar-refractivity contribution is 0.128. The Balaban J connectivity index is 1.83. The van der Waals surface area contributed by atoms with Crippen molar-refractivity contribution in [3.63, 3.8) is 0 Å². The molecule has 1 aromatic carbocycles. The Morgan fingerprint density at radius 2 is 2.00 bits per heavy atom. The molecular weight excluding hydrogens is 306 g/mol. The summed E-state index contributed by atoms with van der Waals surface area (Å²) in [6.45, 7) is 0.247. The van der Waals surface area contributed by atoms with Crippen molar-refractivity contribution in [1.29, 1.82) is 0 Å². The first kappa shape index (κ1) is 15.6. The van der Waals surface area contributed by atoms with Crippen LogP contribution in [0.4, 0.5) is 5.82 Å². The normalized spacial score (nSPS) is 11.3. The van der Waals surface area contributed by atoms with Crippen LogP contribution < -0.4 is 5.32 Å². The van der Waals surface area contributed by atoms with Crippen LogP contribution in [0, 0.1) is 0 Å². The maximum Gasteiger partial charge on any atom is 0.204 e. The van der Waals surface area contributed by atoms with Crippen LogP contribution >= 0.6 is 0 Å². The first-order valence-electron chi connectivity index (χ1n) is 7.39.